The summed E-state index contributed by atoms with van der Waals surface area (Å²) >= 11 is 1.72. The molecule has 1 aromatic carbocycles. The van der Waals surface area contributed by atoms with Crippen LogP contribution in [0.4, 0.5) is 0 Å². The van der Waals surface area contributed by atoms with Crippen LogP contribution in [-0.4, -0.2) is 27.4 Å². The van der Waals surface area contributed by atoms with Crippen LogP contribution in [0, 0.1) is 13.8 Å². The highest BCUT2D eigenvalue weighted by Crippen LogP contribution is 2.19. The predicted octanol–water partition coefficient (Wildman–Crippen LogP) is 2.87. The van der Waals surface area contributed by atoms with Gasteiger partial charge in [-0.15, -0.1) is 11.3 Å². The minimum absolute atomic E-state index is 0.115. The number of aromatic amines is 1. The van der Waals surface area contributed by atoms with E-state index in [1.165, 1.54) is 11.1 Å². The summed E-state index contributed by atoms with van der Waals surface area (Å²) in [7, 11) is 0. The van der Waals surface area contributed by atoms with Crippen LogP contribution in [0.5, 0.6) is 0 Å². The SMILES string of the molecule is Cc1nc(CCCNC(=O)c2cccc(-c3cnc(=O)[nH]c3)c2)sc1C. The van der Waals surface area contributed by atoms with Crippen molar-refractivity contribution in [2.75, 3.05) is 6.54 Å². The van der Waals surface area contributed by atoms with Crippen LogP contribution >= 0.6 is 11.3 Å². The molecular formula is C19H20N4O2S. The Morgan fingerprint density at radius 2 is 2.12 bits per heavy atom. The first kappa shape index (κ1) is 18.0. The van der Waals surface area contributed by atoms with Crippen LogP contribution in [0.1, 0.15) is 32.4 Å². The van der Waals surface area contributed by atoms with Crippen molar-refractivity contribution in [1.82, 2.24) is 20.3 Å². The van der Waals surface area contributed by atoms with E-state index in [0.717, 1.165) is 34.7 Å². The summed E-state index contributed by atoms with van der Waals surface area (Å²) in [4.78, 5) is 35.4. The second-order valence-electron chi connectivity index (χ2n) is 6.00. The average Bonchev–Trinajstić information content (AvgIpc) is 2.97. The highest BCUT2D eigenvalue weighted by molar-refractivity contribution is 7.11. The molecular weight excluding hydrogens is 348 g/mol. The highest BCUT2D eigenvalue weighted by atomic mass is 32.1. The summed E-state index contributed by atoms with van der Waals surface area (Å²) in [5.74, 6) is -0.115. The molecule has 0 aliphatic carbocycles. The van der Waals surface area contributed by atoms with Gasteiger partial charge in [0.05, 0.1) is 10.7 Å². The molecule has 6 nitrogen and oxygen atoms in total. The van der Waals surface area contributed by atoms with Crippen LogP contribution in [0.15, 0.2) is 41.5 Å². The standard InChI is InChI=1S/C19H20N4O2S/c1-12-13(2)26-17(23-12)7-4-8-20-18(24)15-6-3-5-14(9-15)16-10-21-19(25)22-11-16/h3,5-6,9-11H,4,7-8H2,1-2H3,(H,20,24)(H,21,22,25). The molecule has 0 aliphatic heterocycles. The number of thiazole rings is 1. The van der Waals surface area contributed by atoms with Gasteiger partial charge in [0.25, 0.3) is 5.91 Å². The average molecular weight is 368 g/mol. The van der Waals surface area contributed by atoms with Gasteiger partial charge in [-0.2, -0.15) is 0 Å². The van der Waals surface area contributed by atoms with Crippen molar-refractivity contribution in [3.63, 3.8) is 0 Å². The second-order valence-corrected chi connectivity index (χ2v) is 7.28. The van der Waals surface area contributed by atoms with Crippen LogP contribution in [0.3, 0.4) is 0 Å². The van der Waals surface area contributed by atoms with Gasteiger partial charge in [0, 0.05) is 41.4 Å². The number of amides is 1. The number of rotatable bonds is 6. The van der Waals surface area contributed by atoms with Crippen molar-refractivity contribution in [2.45, 2.75) is 26.7 Å². The minimum atomic E-state index is -0.395. The van der Waals surface area contributed by atoms with Gasteiger partial charge < -0.3 is 10.3 Å². The number of aromatic nitrogens is 3. The van der Waals surface area contributed by atoms with Crippen molar-refractivity contribution < 1.29 is 4.79 Å². The van der Waals surface area contributed by atoms with Crippen LogP contribution in [-0.2, 0) is 6.42 Å². The molecule has 2 aromatic heterocycles. The number of H-pyrrole nitrogens is 1. The zero-order chi connectivity index (χ0) is 18.5. The van der Waals surface area contributed by atoms with Crippen LogP contribution < -0.4 is 11.0 Å². The van der Waals surface area contributed by atoms with Gasteiger partial charge in [0.1, 0.15) is 0 Å². The molecule has 2 heterocycles. The minimum Gasteiger partial charge on any atom is -0.352 e. The molecule has 0 spiro atoms. The largest absolute Gasteiger partial charge is 0.352 e. The maximum Gasteiger partial charge on any atom is 0.344 e. The fraction of sp³-hybridized carbons (Fsp3) is 0.263. The molecule has 0 saturated carbocycles. The first-order chi connectivity index (χ1) is 12.5. The number of hydrogen-bond donors (Lipinski definition) is 2. The third kappa shape index (κ3) is 4.43. The zero-order valence-corrected chi connectivity index (χ0v) is 15.5. The van der Waals surface area contributed by atoms with Crippen molar-refractivity contribution in [3.05, 3.63) is 68.3 Å². The quantitative estimate of drug-likeness (QED) is 0.655. The Balaban J connectivity index is 1.57. The topological polar surface area (TPSA) is 87.7 Å². The van der Waals surface area contributed by atoms with Crippen molar-refractivity contribution in [3.8, 4) is 11.1 Å². The first-order valence-electron chi connectivity index (χ1n) is 8.39. The number of carbonyl (C=O) groups is 1. The molecule has 0 fully saturated rings. The Kier molecular flexibility index (Phi) is 5.58. The summed E-state index contributed by atoms with van der Waals surface area (Å²) in [6, 6.07) is 7.25. The van der Waals surface area contributed by atoms with E-state index in [1.807, 2.05) is 19.1 Å². The number of carbonyl (C=O) groups excluding carboxylic acids is 1. The molecule has 0 radical (unpaired) electrons. The molecule has 3 aromatic rings. The van der Waals surface area contributed by atoms with Gasteiger partial charge in [0.2, 0.25) is 0 Å². The first-order valence-corrected chi connectivity index (χ1v) is 9.21. The summed E-state index contributed by atoms with van der Waals surface area (Å²) in [5, 5.41) is 4.06. The molecule has 1 amide bonds. The number of nitrogens with one attached hydrogen (secondary N) is 2. The second kappa shape index (κ2) is 8.05. The number of hydrogen-bond acceptors (Lipinski definition) is 5. The Bertz CT molecular complexity index is 938. The summed E-state index contributed by atoms with van der Waals surface area (Å²) in [6.07, 6.45) is 4.79. The van der Waals surface area contributed by atoms with Gasteiger partial charge in [-0.1, -0.05) is 12.1 Å². The number of nitrogens with zero attached hydrogens (tertiary/aromatic N) is 2. The van der Waals surface area contributed by atoms with Gasteiger partial charge in [-0.3, -0.25) is 4.79 Å². The molecule has 7 heteroatoms. The highest BCUT2D eigenvalue weighted by Gasteiger charge is 2.08. The third-order valence-electron chi connectivity index (χ3n) is 4.06. The Labute approximate surface area is 155 Å². The molecule has 0 bridgehead atoms. The lowest BCUT2D eigenvalue weighted by Gasteiger charge is -2.07. The zero-order valence-electron chi connectivity index (χ0n) is 14.7. The monoisotopic (exact) mass is 368 g/mol. The molecule has 2 N–H and O–H groups in total. The molecule has 3 rings (SSSR count). The van der Waals surface area contributed by atoms with E-state index in [-0.39, 0.29) is 5.91 Å². The predicted molar refractivity (Wildman–Crippen MR) is 103 cm³/mol. The Morgan fingerprint density at radius 3 is 2.81 bits per heavy atom. The van der Waals surface area contributed by atoms with Crippen LogP contribution in [0.25, 0.3) is 11.1 Å². The molecule has 0 saturated heterocycles. The van der Waals surface area contributed by atoms with E-state index in [1.54, 1.807) is 29.7 Å². The summed E-state index contributed by atoms with van der Waals surface area (Å²) in [6.45, 7) is 4.69. The van der Waals surface area contributed by atoms with Crippen molar-refractivity contribution in [1.29, 1.82) is 0 Å². The fourth-order valence-electron chi connectivity index (χ4n) is 2.53. The number of benzene rings is 1. The lowest BCUT2D eigenvalue weighted by atomic mass is 10.1. The normalized spacial score (nSPS) is 10.7. The van der Waals surface area contributed by atoms with Gasteiger partial charge in [0.15, 0.2) is 0 Å². The maximum atomic E-state index is 12.4. The Morgan fingerprint density at radius 1 is 1.27 bits per heavy atom. The van der Waals surface area contributed by atoms with Crippen molar-refractivity contribution in [2.24, 2.45) is 0 Å². The lowest BCUT2D eigenvalue weighted by Crippen LogP contribution is -2.24. The van der Waals surface area contributed by atoms with E-state index in [4.69, 9.17) is 0 Å². The molecule has 0 atom stereocenters. The van der Waals surface area contributed by atoms with Crippen molar-refractivity contribution >= 4 is 17.2 Å². The summed E-state index contributed by atoms with van der Waals surface area (Å²) < 4.78 is 0. The number of aryl methyl sites for hydroxylation is 3. The molecule has 26 heavy (non-hydrogen) atoms. The lowest BCUT2D eigenvalue weighted by molar-refractivity contribution is 0.0953. The van der Waals surface area contributed by atoms with E-state index in [9.17, 15) is 9.59 Å². The van der Waals surface area contributed by atoms with E-state index in [2.05, 4.69) is 27.2 Å². The van der Waals surface area contributed by atoms with E-state index < -0.39 is 5.69 Å². The molecule has 0 aliphatic rings. The van der Waals surface area contributed by atoms with Crippen LogP contribution in [0.2, 0.25) is 0 Å². The maximum absolute atomic E-state index is 12.4. The smallest absolute Gasteiger partial charge is 0.344 e. The van der Waals surface area contributed by atoms with E-state index >= 15 is 0 Å². The molecule has 0 unspecified atom stereocenters. The fourth-order valence-corrected chi connectivity index (χ4v) is 3.51. The Hall–Kier alpha value is -2.80. The van der Waals surface area contributed by atoms with Gasteiger partial charge in [-0.05, 0) is 38.0 Å². The van der Waals surface area contributed by atoms with Gasteiger partial charge >= 0.3 is 5.69 Å². The van der Waals surface area contributed by atoms with E-state index in [0.29, 0.717) is 12.1 Å². The third-order valence-corrected chi connectivity index (χ3v) is 5.19. The van der Waals surface area contributed by atoms with Gasteiger partial charge in [-0.25, -0.2) is 14.8 Å². The summed E-state index contributed by atoms with van der Waals surface area (Å²) in [5.41, 5.74) is 2.86. The molecule has 134 valence electrons.